The summed E-state index contributed by atoms with van der Waals surface area (Å²) in [4.78, 5) is 12.0. The van der Waals surface area contributed by atoms with Gasteiger partial charge in [0.25, 0.3) is 8.32 Å². The lowest BCUT2D eigenvalue weighted by Gasteiger charge is -2.44. The van der Waals surface area contributed by atoms with E-state index in [1.165, 1.54) is 10.4 Å². The van der Waals surface area contributed by atoms with Gasteiger partial charge < -0.3 is 9.16 Å². The van der Waals surface area contributed by atoms with Crippen LogP contribution in [0.5, 0.6) is 0 Å². The molecule has 6 heteroatoms. The number of H-pyrrole nitrogens is 1. The van der Waals surface area contributed by atoms with Gasteiger partial charge in [0.05, 0.1) is 18.4 Å². The Hall–Kier alpha value is -2.70. The third-order valence-electron chi connectivity index (χ3n) is 5.29. The van der Waals surface area contributed by atoms with Crippen LogP contribution in [0, 0.1) is 0 Å². The minimum Gasteiger partial charge on any atom is -0.461 e. The molecule has 3 aromatic rings. The predicted molar refractivity (Wildman–Crippen MR) is 122 cm³/mol. The van der Waals surface area contributed by atoms with Crippen LogP contribution in [0.15, 0.2) is 66.7 Å². The van der Waals surface area contributed by atoms with Crippen LogP contribution < -0.4 is 10.4 Å². The molecule has 0 saturated carbocycles. The molecule has 1 N–H and O–H groups in total. The number of esters is 1. The van der Waals surface area contributed by atoms with E-state index in [0.29, 0.717) is 6.61 Å². The molecule has 1 unspecified atom stereocenters. The molecule has 0 saturated heterocycles. The van der Waals surface area contributed by atoms with Crippen LogP contribution in [-0.4, -0.2) is 31.1 Å². The van der Waals surface area contributed by atoms with E-state index >= 15 is 0 Å². The molecule has 3 rings (SSSR count). The summed E-state index contributed by atoms with van der Waals surface area (Å²) in [5.41, 5.74) is 1.02. The van der Waals surface area contributed by atoms with Crippen molar-refractivity contribution in [3.63, 3.8) is 0 Å². The van der Waals surface area contributed by atoms with Crippen molar-refractivity contribution in [2.75, 3.05) is 6.61 Å². The Morgan fingerprint density at radius 3 is 2.03 bits per heavy atom. The standard InChI is InChI=1S/C24H30N2O3Si/c1-6-28-23(27)22-17-21(25-26-22)18(2)29-30(24(3,4)5,19-13-9-7-10-14-19)20-15-11-8-12-16-20/h7-18H,6H2,1-5H3,(H,25,26). The number of carbonyl (C=O) groups is 1. The third kappa shape index (κ3) is 4.25. The Bertz CT molecular complexity index is 925. The normalized spacial score (nSPS) is 13.1. The number of rotatable bonds is 7. The summed E-state index contributed by atoms with van der Waals surface area (Å²) in [5, 5.41) is 9.38. The number of carbonyl (C=O) groups excluding carboxylic acids is 1. The van der Waals surface area contributed by atoms with Gasteiger partial charge in [0.15, 0.2) is 5.69 Å². The zero-order valence-corrected chi connectivity index (χ0v) is 19.3. The average Bonchev–Trinajstić information content (AvgIpc) is 3.23. The van der Waals surface area contributed by atoms with E-state index in [1.54, 1.807) is 13.0 Å². The zero-order chi connectivity index (χ0) is 21.8. The van der Waals surface area contributed by atoms with Crippen molar-refractivity contribution in [3.8, 4) is 0 Å². The third-order valence-corrected chi connectivity index (χ3v) is 10.4. The summed E-state index contributed by atoms with van der Waals surface area (Å²) >= 11 is 0. The smallest absolute Gasteiger partial charge is 0.358 e. The molecule has 0 aliphatic carbocycles. The molecular formula is C24H30N2O3Si. The first-order valence-electron chi connectivity index (χ1n) is 10.3. The van der Waals surface area contributed by atoms with Crippen LogP contribution in [0.1, 0.15) is 56.9 Å². The van der Waals surface area contributed by atoms with Gasteiger partial charge in [-0.3, -0.25) is 5.10 Å². The molecule has 0 bridgehead atoms. The Labute approximate surface area is 179 Å². The fraction of sp³-hybridized carbons (Fsp3) is 0.333. The number of nitrogens with one attached hydrogen (secondary N) is 1. The second-order valence-corrected chi connectivity index (χ2v) is 12.6. The van der Waals surface area contributed by atoms with Crippen LogP contribution in [0.4, 0.5) is 0 Å². The lowest BCUT2D eigenvalue weighted by Crippen LogP contribution is -2.66. The second kappa shape index (κ2) is 8.98. The van der Waals surface area contributed by atoms with Gasteiger partial charge in [-0.05, 0) is 35.3 Å². The molecule has 2 aromatic carbocycles. The van der Waals surface area contributed by atoms with Crippen LogP contribution in [-0.2, 0) is 9.16 Å². The summed E-state index contributed by atoms with van der Waals surface area (Å²) in [7, 11) is -2.69. The molecule has 0 aliphatic rings. The van der Waals surface area contributed by atoms with E-state index in [0.717, 1.165) is 5.69 Å². The largest absolute Gasteiger partial charge is 0.461 e. The number of ether oxygens (including phenoxy) is 1. The van der Waals surface area contributed by atoms with E-state index < -0.39 is 14.3 Å². The summed E-state index contributed by atoms with van der Waals surface area (Å²) in [5.74, 6) is -0.433. The van der Waals surface area contributed by atoms with Gasteiger partial charge in [-0.25, -0.2) is 4.79 Å². The number of benzene rings is 2. The Morgan fingerprint density at radius 1 is 1.03 bits per heavy atom. The van der Waals surface area contributed by atoms with E-state index in [-0.39, 0.29) is 16.8 Å². The Balaban J connectivity index is 2.06. The minimum absolute atomic E-state index is 0.131. The average molecular weight is 423 g/mol. The summed E-state index contributed by atoms with van der Waals surface area (Å²) in [6, 6.07) is 22.7. The number of aromatic nitrogens is 2. The SMILES string of the molecule is CCOC(=O)c1cc(C(C)O[Si](c2ccccc2)(c2ccccc2)C(C)(C)C)[nH]n1. The van der Waals surface area contributed by atoms with Crippen molar-refractivity contribution in [3.05, 3.63) is 78.1 Å². The molecule has 0 aliphatic heterocycles. The van der Waals surface area contributed by atoms with Crippen LogP contribution in [0.3, 0.4) is 0 Å². The van der Waals surface area contributed by atoms with Crippen molar-refractivity contribution < 1.29 is 14.0 Å². The van der Waals surface area contributed by atoms with Crippen molar-refractivity contribution in [1.29, 1.82) is 0 Å². The van der Waals surface area contributed by atoms with Crippen LogP contribution in [0.2, 0.25) is 5.04 Å². The highest BCUT2D eigenvalue weighted by atomic mass is 28.4. The first kappa shape index (κ1) is 22.0. The number of aromatic amines is 1. The lowest BCUT2D eigenvalue weighted by molar-refractivity contribution is 0.0519. The summed E-state index contributed by atoms with van der Waals surface area (Å²) < 4.78 is 12.1. The maximum atomic E-state index is 12.0. The molecule has 1 aromatic heterocycles. The first-order chi connectivity index (χ1) is 14.3. The molecule has 0 fully saturated rings. The Kier molecular flexibility index (Phi) is 6.58. The maximum Gasteiger partial charge on any atom is 0.358 e. The first-order valence-corrected chi connectivity index (χ1v) is 12.2. The van der Waals surface area contributed by atoms with E-state index in [1.807, 2.05) is 19.1 Å². The van der Waals surface area contributed by atoms with Crippen molar-refractivity contribution in [2.24, 2.45) is 0 Å². The number of hydrogen-bond donors (Lipinski definition) is 1. The summed E-state index contributed by atoms with van der Waals surface area (Å²) in [6.07, 6.45) is -0.285. The molecule has 30 heavy (non-hydrogen) atoms. The van der Waals surface area contributed by atoms with E-state index in [9.17, 15) is 4.79 Å². The molecular weight excluding hydrogens is 392 g/mol. The predicted octanol–water partition coefficient (Wildman–Crippen LogP) is 4.22. The highest BCUT2D eigenvalue weighted by Gasteiger charge is 2.51. The molecule has 1 heterocycles. The topological polar surface area (TPSA) is 64.2 Å². The highest BCUT2D eigenvalue weighted by molar-refractivity contribution is 6.99. The van der Waals surface area contributed by atoms with Gasteiger partial charge in [-0.2, -0.15) is 5.10 Å². The fourth-order valence-corrected chi connectivity index (χ4v) is 8.55. The molecule has 158 valence electrons. The number of nitrogens with zero attached hydrogens (tertiary/aromatic N) is 1. The Morgan fingerprint density at radius 2 is 1.57 bits per heavy atom. The molecule has 1 atom stereocenters. The fourth-order valence-electron chi connectivity index (χ4n) is 3.87. The molecule has 5 nitrogen and oxygen atoms in total. The van der Waals surface area contributed by atoms with Crippen molar-refractivity contribution in [1.82, 2.24) is 10.2 Å². The van der Waals surface area contributed by atoms with E-state index in [2.05, 4.69) is 79.5 Å². The number of hydrogen-bond acceptors (Lipinski definition) is 4. The monoisotopic (exact) mass is 422 g/mol. The second-order valence-electron chi connectivity index (χ2n) is 8.35. The van der Waals surface area contributed by atoms with Gasteiger partial charge in [0, 0.05) is 0 Å². The van der Waals surface area contributed by atoms with Crippen LogP contribution in [0.25, 0.3) is 0 Å². The van der Waals surface area contributed by atoms with E-state index in [4.69, 9.17) is 9.16 Å². The van der Waals surface area contributed by atoms with Crippen LogP contribution >= 0.6 is 0 Å². The summed E-state index contributed by atoms with van der Waals surface area (Å²) in [6.45, 7) is 10.8. The van der Waals surface area contributed by atoms with Crippen molar-refractivity contribution >= 4 is 24.7 Å². The van der Waals surface area contributed by atoms with Crippen molar-refractivity contribution in [2.45, 2.75) is 45.8 Å². The highest BCUT2D eigenvalue weighted by Crippen LogP contribution is 2.39. The lowest BCUT2D eigenvalue weighted by atomic mass is 10.2. The van der Waals surface area contributed by atoms with Gasteiger partial charge in [0.2, 0.25) is 0 Å². The van der Waals surface area contributed by atoms with Gasteiger partial charge in [0.1, 0.15) is 0 Å². The molecule has 0 spiro atoms. The quantitative estimate of drug-likeness (QED) is 0.457. The molecule has 0 amide bonds. The maximum absolute atomic E-state index is 12.0. The van der Waals surface area contributed by atoms with Gasteiger partial charge >= 0.3 is 5.97 Å². The van der Waals surface area contributed by atoms with Gasteiger partial charge in [-0.1, -0.05) is 81.4 Å². The van der Waals surface area contributed by atoms with Gasteiger partial charge in [-0.15, -0.1) is 0 Å². The minimum atomic E-state index is -2.69. The zero-order valence-electron chi connectivity index (χ0n) is 18.3. The molecule has 0 radical (unpaired) electrons.